The summed E-state index contributed by atoms with van der Waals surface area (Å²) in [6.45, 7) is 6.50. The average Bonchev–Trinajstić information content (AvgIpc) is 3.59. The van der Waals surface area contributed by atoms with Crippen molar-refractivity contribution in [2.45, 2.75) is 70.4 Å². The first-order valence-electron chi connectivity index (χ1n) is 14.2. The predicted octanol–water partition coefficient (Wildman–Crippen LogP) is 3.12. The van der Waals surface area contributed by atoms with E-state index in [0.717, 1.165) is 5.56 Å². The van der Waals surface area contributed by atoms with Gasteiger partial charge in [-0.25, -0.2) is 0 Å². The Hall–Kier alpha value is -3.43. The molecule has 0 radical (unpaired) electrons. The number of ether oxygens (including phenoxy) is 2. The van der Waals surface area contributed by atoms with Crippen LogP contribution in [0, 0.1) is 17.8 Å². The van der Waals surface area contributed by atoms with E-state index in [4.69, 9.17) is 9.47 Å². The van der Waals surface area contributed by atoms with Crippen molar-refractivity contribution in [2.24, 2.45) is 17.8 Å². The Morgan fingerprint density at radius 2 is 1.85 bits per heavy atom. The van der Waals surface area contributed by atoms with Crippen LogP contribution < -0.4 is 15.4 Å². The van der Waals surface area contributed by atoms with Crippen molar-refractivity contribution in [3.05, 3.63) is 60.2 Å². The van der Waals surface area contributed by atoms with E-state index in [9.17, 15) is 19.5 Å². The van der Waals surface area contributed by atoms with Gasteiger partial charge in [-0.2, -0.15) is 0 Å². The quantitative estimate of drug-likeness (QED) is 0.397. The molecule has 214 valence electrons. The highest BCUT2D eigenvalue weighted by Crippen LogP contribution is 2.59. The zero-order valence-corrected chi connectivity index (χ0v) is 23.3. The molecule has 3 N–H and O–H groups in total. The number of hydrogen-bond acceptors (Lipinski definition) is 6. The maximum Gasteiger partial charge on any atom is 0.246 e. The van der Waals surface area contributed by atoms with Crippen molar-refractivity contribution in [2.75, 3.05) is 18.5 Å². The van der Waals surface area contributed by atoms with Gasteiger partial charge >= 0.3 is 0 Å². The van der Waals surface area contributed by atoms with Gasteiger partial charge in [-0.3, -0.25) is 14.4 Å². The van der Waals surface area contributed by atoms with Crippen molar-refractivity contribution in [3.63, 3.8) is 0 Å². The molecule has 3 amide bonds. The number of nitrogens with zero attached hydrogens (tertiary/aromatic N) is 1. The van der Waals surface area contributed by atoms with Crippen LogP contribution in [0.2, 0.25) is 0 Å². The van der Waals surface area contributed by atoms with Gasteiger partial charge in [0, 0.05) is 12.2 Å². The molecule has 0 aromatic heterocycles. The topological polar surface area (TPSA) is 117 Å². The van der Waals surface area contributed by atoms with Gasteiger partial charge in [0.1, 0.15) is 17.4 Å². The summed E-state index contributed by atoms with van der Waals surface area (Å²) in [5.41, 5.74) is 0.414. The summed E-state index contributed by atoms with van der Waals surface area (Å²) in [5, 5.41) is 16.3. The number of likely N-dealkylation sites (tertiary alicyclic amines) is 1. The first kappa shape index (κ1) is 28.1. The monoisotopic (exact) mass is 549 g/mol. The maximum atomic E-state index is 14.2. The zero-order valence-electron chi connectivity index (χ0n) is 23.3. The Balaban J connectivity index is 1.43. The van der Waals surface area contributed by atoms with Gasteiger partial charge in [-0.1, -0.05) is 44.2 Å². The third kappa shape index (κ3) is 5.08. The Bertz CT molecular complexity index is 1220. The number of nitrogens with one attached hydrogen (secondary N) is 2. The van der Waals surface area contributed by atoms with E-state index in [0.29, 0.717) is 43.9 Å². The minimum Gasteiger partial charge on any atom is -0.494 e. The molecular weight excluding hydrogens is 510 g/mol. The van der Waals surface area contributed by atoms with Crippen LogP contribution in [0.25, 0.3) is 0 Å². The number of benzene rings is 2. The van der Waals surface area contributed by atoms with Gasteiger partial charge in [0.2, 0.25) is 17.7 Å². The van der Waals surface area contributed by atoms with E-state index in [-0.39, 0.29) is 30.2 Å². The fraction of sp³-hybridized carbons (Fsp3) is 0.516. The van der Waals surface area contributed by atoms with E-state index in [1.807, 2.05) is 51.1 Å². The van der Waals surface area contributed by atoms with E-state index < -0.39 is 35.6 Å². The maximum absolute atomic E-state index is 14.2. The second-order valence-corrected chi connectivity index (χ2v) is 11.4. The summed E-state index contributed by atoms with van der Waals surface area (Å²) in [6, 6.07) is 15.2. The van der Waals surface area contributed by atoms with Crippen LogP contribution >= 0.6 is 0 Å². The highest BCUT2D eigenvalue weighted by Gasteiger charge is 2.75. The highest BCUT2D eigenvalue weighted by atomic mass is 16.5. The third-order valence-electron chi connectivity index (χ3n) is 8.38. The summed E-state index contributed by atoms with van der Waals surface area (Å²) < 4.78 is 12.0. The number of anilines is 1. The van der Waals surface area contributed by atoms with Crippen LogP contribution in [0.5, 0.6) is 5.75 Å². The molecule has 3 heterocycles. The smallest absolute Gasteiger partial charge is 0.246 e. The second-order valence-electron chi connectivity index (χ2n) is 11.4. The number of rotatable bonds is 11. The number of hydrogen-bond donors (Lipinski definition) is 3. The summed E-state index contributed by atoms with van der Waals surface area (Å²) >= 11 is 0. The fourth-order valence-electron chi connectivity index (χ4n) is 6.81. The molecule has 0 aliphatic carbocycles. The van der Waals surface area contributed by atoms with Gasteiger partial charge in [-0.05, 0) is 61.9 Å². The molecule has 3 aliphatic heterocycles. The van der Waals surface area contributed by atoms with E-state index in [2.05, 4.69) is 10.6 Å². The molecule has 0 saturated carbocycles. The SMILES string of the molecule is CCOc1ccc(NC(=O)[C@@H]2[C@@H]3CCC4(O3)C(C(=O)NCc3ccccc3)N([C@@H](CO)CC(C)C)C(=O)[C@H]24)cc1. The van der Waals surface area contributed by atoms with Crippen molar-refractivity contribution in [3.8, 4) is 5.75 Å². The Morgan fingerprint density at radius 1 is 1.12 bits per heavy atom. The van der Waals surface area contributed by atoms with E-state index in [1.54, 1.807) is 24.3 Å². The molecule has 5 rings (SSSR count). The minimum atomic E-state index is -1.12. The number of fused-ring (bicyclic) bond motifs is 1. The van der Waals surface area contributed by atoms with Crippen molar-refractivity contribution in [1.82, 2.24) is 10.2 Å². The first-order valence-corrected chi connectivity index (χ1v) is 14.2. The van der Waals surface area contributed by atoms with Gasteiger partial charge in [0.05, 0.1) is 37.2 Å². The molecule has 40 heavy (non-hydrogen) atoms. The average molecular weight is 550 g/mol. The minimum absolute atomic E-state index is 0.187. The molecule has 2 unspecified atom stereocenters. The fourth-order valence-corrected chi connectivity index (χ4v) is 6.81. The van der Waals surface area contributed by atoms with Crippen LogP contribution in [0.1, 0.15) is 45.6 Å². The van der Waals surface area contributed by atoms with Crippen LogP contribution in [0.3, 0.4) is 0 Å². The summed E-state index contributed by atoms with van der Waals surface area (Å²) in [5.74, 6) is -1.57. The Labute approximate surface area is 235 Å². The zero-order chi connectivity index (χ0) is 28.4. The molecule has 2 aromatic rings. The lowest BCUT2D eigenvalue weighted by molar-refractivity contribution is -0.145. The standard InChI is InChI=1S/C31H39N3O6/c1-4-39-23-12-10-21(11-13-23)33-28(36)25-24-14-15-31(40-24)26(25)30(38)34(22(18-35)16-19(2)3)27(31)29(37)32-17-20-8-6-5-7-9-20/h5-13,19,22,24-27,35H,4,14-18H2,1-3H3,(H,32,37)(H,33,36)/t22-,24+,25-,26+,27?,31?/m1/s1. The lowest BCUT2D eigenvalue weighted by Gasteiger charge is -2.37. The number of aliphatic hydroxyl groups is 1. The second kappa shape index (κ2) is 11.6. The van der Waals surface area contributed by atoms with Crippen LogP contribution in [0.15, 0.2) is 54.6 Å². The largest absolute Gasteiger partial charge is 0.494 e. The third-order valence-corrected chi connectivity index (χ3v) is 8.38. The van der Waals surface area contributed by atoms with Crippen molar-refractivity contribution in [1.29, 1.82) is 0 Å². The number of carbonyl (C=O) groups is 3. The van der Waals surface area contributed by atoms with Crippen molar-refractivity contribution < 1.29 is 29.0 Å². The summed E-state index contributed by atoms with van der Waals surface area (Å²) in [6.07, 6.45) is 1.15. The summed E-state index contributed by atoms with van der Waals surface area (Å²) in [7, 11) is 0. The molecule has 3 fully saturated rings. The van der Waals surface area contributed by atoms with Gasteiger partial charge in [0.25, 0.3) is 0 Å². The molecule has 2 bridgehead atoms. The molecular formula is C31H39N3O6. The van der Waals surface area contributed by atoms with Gasteiger partial charge in [0.15, 0.2) is 0 Å². The molecule has 3 saturated heterocycles. The molecule has 1 spiro atoms. The molecule has 9 nitrogen and oxygen atoms in total. The predicted molar refractivity (Wildman–Crippen MR) is 149 cm³/mol. The normalized spacial score (nSPS) is 27.5. The Kier molecular flexibility index (Phi) is 8.14. The lowest BCUT2D eigenvalue weighted by Crippen LogP contribution is -2.58. The van der Waals surface area contributed by atoms with Crippen molar-refractivity contribution >= 4 is 23.4 Å². The van der Waals surface area contributed by atoms with E-state index >= 15 is 0 Å². The first-order chi connectivity index (χ1) is 19.3. The van der Waals surface area contributed by atoms with Gasteiger partial charge < -0.3 is 30.1 Å². The molecule has 6 atom stereocenters. The molecule has 3 aliphatic rings. The summed E-state index contributed by atoms with van der Waals surface area (Å²) in [4.78, 5) is 43.3. The lowest BCUT2D eigenvalue weighted by atomic mass is 9.70. The number of carbonyl (C=O) groups excluding carboxylic acids is 3. The van der Waals surface area contributed by atoms with E-state index in [1.165, 1.54) is 4.90 Å². The van der Waals surface area contributed by atoms with Crippen LogP contribution in [-0.2, 0) is 25.7 Å². The number of aliphatic hydroxyl groups excluding tert-OH is 1. The Morgan fingerprint density at radius 3 is 2.50 bits per heavy atom. The number of amides is 3. The van der Waals surface area contributed by atoms with Gasteiger partial charge in [-0.15, -0.1) is 0 Å². The van der Waals surface area contributed by atoms with Crippen LogP contribution in [0.4, 0.5) is 5.69 Å². The molecule has 9 heteroatoms. The highest BCUT2D eigenvalue weighted by molar-refractivity contribution is 6.02. The van der Waals surface area contributed by atoms with Crippen LogP contribution in [-0.4, -0.2) is 64.7 Å². The molecule has 2 aromatic carbocycles.